The van der Waals surface area contributed by atoms with Gasteiger partial charge in [-0.3, -0.25) is 9.59 Å². The molecule has 0 aliphatic heterocycles. The van der Waals surface area contributed by atoms with Crippen LogP contribution >= 0.6 is 15.9 Å². The number of carbonyl (C=O) groups is 2. The second kappa shape index (κ2) is 10.9. The first-order valence-corrected chi connectivity index (χ1v) is 6.32. The van der Waals surface area contributed by atoms with Crippen molar-refractivity contribution < 1.29 is 34.8 Å². The van der Waals surface area contributed by atoms with Gasteiger partial charge < -0.3 is 25.2 Å². The number of hydrogen-bond donors (Lipinski definition) is 4. The maximum absolute atomic E-state index is 9.35. The third kappa shape index (κ3) is 10.0. The molecule has 0 aromatic heterocycles. The Morgan fingerprint density at radius 2 is 1.50 bits per heavy atom. The lowest BCUT2D eigenvalue weighted by molar-refractivity contribution is -0.135. The summed E-state index contributed by atoms with van der Waals surface area (Å²) >= 11 is 3.18. The molecule has 7 nitrogen and oxygen atoms in total. The topological polar surface area (TPSA) is 124 Å². The van der Waals surface area contributed by atoms with Gasteiger partial charge in [0.05, 0.1) is 7.11 Å². The van der Waals surface area contributed by atoms with Crippen molar-refractivity contribution in [3.8, 4) is 17.2 Å². The van der Waals surface area contributed by atoms with Gasteiger partial charge in [0, 0.05) is 24.7 Å². The van der Waals surface area contributed by atoms with Crippen LogP contribution in [0, 0.1) is 0 Å². The molecule has 0 aliphatic carbocycles. The van der Waals surface area contributed by atoms with E-state index >= 15 is 0 Å². The zero-order chi connectivity index (χ0) is 16.3. The smallest absolute Gasteiger partial charge is 0.300 e. The Morgan fingerprint density at radius 1 is 1.10 bits per heavy atom. The van der Waals surface area contributed by atoms with Gasteiger partial charge in [-0.15, -0.1) is 0 Å². The van der Waals surface area contributed by atoms with Crippen molar-refractivity contribution in [2.45, 2.75) is 19.2 Å². The van der Waals surface area contributed by atoms with Crippen LogP contribution in [0.2, 0.25) is 0 Å². The number of hydrogen-bond acceptors (Lipinski definition) is 5. The molecule has 114 valence electrons. The van der Waals surface area contributed by atoms with Crippen LogP contribution in [0.4, 0.5) is 0 Å². The summed E-state index contributed by atoms with van der Waals surface area (Å²) in [6.45, 7) is 2.17. The molecule has 0 bridgehead atoms. The number of phenols is 2. The van der Waals surface area contributed by atoms with Crippen LogP contribution in [0.3, 0.4) is 0 Å². The molecule has 1 rings (SSSR count). The predicted molar refractivity (Wildman–Crippen MR) is 75.6 cm³/mol. The Bertz CT molecular complexity index is 397. The highest BCUT2D eigenvalue weighted by molar-refractivity contribution is 9.08. The molecule has 0 atom stereocenters. The average Bonchev–Trinajstić information content (AvgIpc) is 2.31. The van der Waals surface area contributed by atoms with E-state index in [4.69, 9.17) is 24.5 Å². The molecule has 4 N–H and O–H groups in total. The first-order valence-electron chi connectivity index (χ1n) is 5.20. The number of halogens is 1. The molecule has 0 radical (unpaired) electrons. The van der Waals surface area contributed by atoms with Crippen LogP contribution in [0.25, 0.3) is 0 Å². The van der Waals surface area contributed by atoms with Gasteiger partial charge in [0.2, 0.25) is 5.75 Å². The molecule has 1 aromatic rings. The van der Waals surface area contributed by atoms with E-state index in [2.05, 4.69) is 15.9 Å². The maximum Gasteiger partial charge on any atom is 0.300 e. The number of carboxylic acid groups (broad SMARTS) is 2. The summed E-state index contributed by atoms with van der Waals surface area (Å²) in [4.78, 5) is 18.0. The van der Waals surface area contributed by atoms with E-state index in [1.54, 1.807) is 12.1 Å². The molecule has 0 heterocycles. The van der Waals surface area contributed by atoms with E-state index in [9.17, 15) is 10.2 Å². The van der Waals surface area contributed by atoms with Gasteiger partial charge in [0.15, 0.2) is 11.5 Å². The average molecular weight is 353 g/mol. The molecule has 0 unspecified atom stereocenters. The van der Waals surface area contributed by atoms with E-state index in [-0.39, 0.29) is 17.2 Å². The van der Waals surface area contributed by atoms with Gasteiger partial charge in [-0.05, 0) is 6.07 Å². The lowest BCUT2D eigenvalue weighted by Gasteiger charge is -2.07. The lowest BCUT2D eigenvalue weighted by Crippen LogP contribution is -1.86. The highest BCUT2D eigenvalue weighted by Crippen LogP contribution is 2.38. The second-order valence-electron chi connectivity index (χ2n) is 3.30. The summed E-state index contributed by atoms with van der Waals surface area (Å²) in [6, 6.07) is 3.29. The minimum atomic E-state index is -0.833. The number of methoxy groups -OCH3 is 1. The Labute approximate surface area is 124 Å². The summed E-state index contributed by atoms with van der Waals surface area (Å²) in [6.07, 6.45) is 0. The summed E-state index contributed by atoms with van der Waals surface area (Å²) in [5.41, 5.74) is 0.633. The normalized spacial score (nSPS) is 8.40. The van der Waals surface area contributed by atoms with Gasteiger partial charge >= 0.3 is 0 Å². The molecular weight excluding hydrogens is 336 g/mol. The van der Waals surface area contributed by atoms with Crippen LogP contribution in [0.15, 0.2) is 12.1 Å². The van der Waals surface area contributed by atoms with Gasteiger partial charge in [-0.1, -0.05) is 22.0 Å². The van der Waals surface area contributed by atoms with Crippen molar-refractivity contribution in [2.24, 2.45) is 0 Å². The van der Waals surface area contributed by atoms with E-state index < -0.39 is 11.9 Å². The molecule has 0 amide bonds. The Morgan fingerprint density at radius 3 is 1.80 bits per heavy atom. The van der Waals surface area contributed by atoms with Crippen LogP contribution in [-0.2, 0) is 14.9 Å². The Kier molecular flexibility index (Phi) is 11.1. The van der Waals surface area contributed by atoms with Crippen molar-refractivity contribution in [3.05, 3.63) is 17.7 Å². The van der Waals surface area contributed by atoms with E-state index in [0.29, 0.717) is 10.9 Å². The first-order chi connectivity index (χ1) is 9.17. The Hall–Kier alpha value is -1.96. The lowest BCUT2D eigenvalue weighted by atomic mass is 10.2. The van der Waals surface area contributed by atoms with Crippen LogP contribution in [0.1, 0.15) is 19.4 Å². The summed E-state index contributed by atoms with van der Waals surface area (Å²) in [5, 5.41) is 34.0. The van der Waals surface area contributed by atoms with Gasteiger partial charge in [0.25, 0.3) is 11.9 Å². The molecule has 0 fully saturated rings. The zero-order valence-corrected chi connectivity index (χ0v) is 12.8. The largest absolute Gasteiger partial charge is 0.504 e. The molecule has 20 heavy (non-hydrogen) atoms. The fourth-order valence-electron chi connectivity index (χ4n) is 0.875. The highest BCUT2D eigenvalue weighted by Gasteiger charge is 2.10. The summed E-state index contributed by atoms with van der Waals surface area (Å²) in [7, 11) is 1.43. The number of ether oxygens (including phenoxy) is 1. The van der Waals surface area contributed by atoms with E-state index in [0.717, 1.165) is 13.8 Å². The number of carboxylic acids is 2. The van der Waals surface area contributed by atoms with Crippen molar-refractivity contribution in [3.63, 3.8) is 0 Å². The number of benzene rings is 1. The predicted octanol–water partition coefficient (Wildman–Crippen LogP) is 2.18. The standard InChI is InChI=1S/C8H9BrO3.2C2H4O2/c1-12-6-3-2-5(4-9)7(10)8(6)11;2*1-2(3)4/h2-3,10-11H,4H2,1H3;2*1H3,(H,3,4). The fraction of sp³-hybridized carbons (Fsp3) is 0.333. The summed E-state index contributed by atoms with van der Waals surface area (Å²) in [5.74, 6) is -1.74. The monoisotopic (exact) mass is 352 g/mol. The number of rotatable bonds is 2. The minimum absolute atomic E-state index is 0.133. The van der Waals surface area contributed by atoms with Gasteiger partial charge in [-0.2, -0.15) is 0 Å². The molecular formula is C12H17BrO7. The van der Waals surface area contributed by atoms with Crippen LogP contribution in [0.5, 0.6) is 17.2 Å². The number of aromatic hydroxyl groups is 2. The summed E-state index contributed by atoms with van der Waals surface area (Å²) < 4.78 is 4.80. The highest BCUT2D eigenvalue weighted by atomic mass is 79.9. The van der Waals surface area contributed by atoms with Crippen molar-refractivity contribution in [1.29, 1.82) is 0 Å². The van der Waals surface area contributed by atoms with Crippen molar-refractivity contribution in [2.75, 3.05) is 7.11 Å². The SMILES string of the molecule is CC(=O)O.CC(=O)O.COc1ccc(CBr)c(O)c1O. The van der Waals surface area contributed by atoms with Crippen LogP contribution in [-0.4, -0.2) is 39.5 Å². The van der Waals surface area contributed by atoms with Gasteiger partial charge in [-0.25, -0.2) is 0 Å². The number of alkyl halides is 1. The Balaban J connectivity index is 0. The van der Waals surface area contributed by atoms with Crippen molar-refractivity contribution in [1.82, 2.24) is 0 Å². The molecule has 0 aliphatic rings. The molecule has 1 aromatic carbocycles. The number of phenolic OH excluding ortho intramolecular Hbond substituents is 2. The zero-order valence-electron chi connectivity index (χ0n) is 11.3. The minimum Gasteiger partial charge on any atom is -0.504 e. The third-order valence-corrected chi connectivity index (χ3v) is 2.17. The fourth-order valence-corrected chi connectivity index (χ4v) is 1.33. The maximum atomic E-state index is 9.35. The van der Waals surface area contributed by atoms with E-state index in [1.165, 1.54) is 7.11 Å². The second-order valence-corrected chi connectivity index (χ2v) is 3.86. The van der Waals surface area contributed by atoms with Crippen molar-refractivity contribution >= 4 is 27.9 Å². The molecule has 0 saturated heterocycles. The molecule has 0 spiro atoms. The van der Waals surface area contributed by atoms with Gasteiger partial charge in [0.1, 0.15) is 0 Å². The first kappa shape index (κ1) is 20.4. The quantitative estimate of drug-likeness (QED) is 0.474. The molecule has 8 heteroatoms. The van der Waals surface area contributed by atoms with Crippen LogP contribution < -0.4 is 4.74 Å². The van der Waals surface area contributed by atoms with E-state index in [1.807, 2.05) is 0 Å². The number of aliphatic carboxylic acids is 2. The molecule has 0 saturated carbocycles. The third-order valence-electron chi connectivity index (χ3n) is 1.56.